The van der Waals surface area contributed by atoms with Crippen molar-refractivity contribution in [2.24, 2.45) is 5.73 Å². The monoisotopic (exact) mass is 358 g/mol. The second-order valence-corrected chi connectivity index (χ2v) is 6.95. The molecule has 0 amide bonds. The average molecular weight is 359 g/mol. The van der Waals surface area contributed by atoms with Crippen LogP contribution in [0.5, 0.6) is 0 Å². The number of benzene rings is 2. The Morgan fingerprint density at radius 3 is 2.24 bits per heavy atom. The van der Waals surface area contributed by atoms with E-state index in [4.69, 9.17) is 10.7 Å². The molecule has 3 aromatic rings. The molecule has 0 radical (unpaired) electrons. The largest absolute Gasteiger partial charge is 0.326 e. The van der Waals surface area contributed by atoms with Crippen LogP contribution in [0.4, 0.5) is 0 Å². The summed E-state index contributed by atoms with van der Waals surface area (Å²) >= 11 is 5.19. The highest BCUT2D eigenvalue weighted by Crippen LogP contribution is 2.33. The van der Waals surface area contributed by atoms with Crippen LogP contribution < -0.4 is 5.73 Å². The van der Waals surface area contributed by atoms with Crippen molar-refractivity contribution in [2.45, 2.75) is 13.5 Å². The highest BCUT2D eigenvalue weighted by molar-refractivity contribution is 9.10. The van der Waals surface area contributed by atoms with Gasteiger partial charge in [-0.05, 0) is 24.6 Å². The number of aryl methyl sites for hydroxylation is 1. The topological polar surface area (TPSA) is 38.9 Å². The number of thiazole rings is 1. The fourth-order valence-corrected chi connectivity index (χ4v) is 3.38. The summed E-state index contributed by atoms with van der Waals surface area (Å²) in [5, 5.41) is 1.05. The summed E-state index contributed by atoms with van der Waals surface area (Å²) < 4.78 is 1.08. The van der Waals surface area contributed by atoms with Crippen molar-refractivity contribution in [3.05, 3.63) is 63.4 Å². The van der Waals surface area contributed by atoms with Crippen molar-refractivity contribution in [1.29, 1.82) is 0 Å². The van der Waals surface area contributed by atoms with E-state index in [2.05, 4.69) is 59.3 Å². The first-order valence-corrected chi connectivity index (χ1v) is 8.31. The number of aromatic nitrogens is 1. The van der Waals surface area contributed by atoms with Crippen LogP contribution >= 0.6 is 27.3 Å². The minimum atomic E-state index is 0.571. The lowest BCUT2D eigenvalue weighted by Crippen LogP contribution is -1.95. The van der Waals surface area contributed by atoms with E-state index in [-0.39, 0.29) is 0 Å². The van der Waals surface area contributed by atoms with E-state index in [1.165, 1.54) is 4.88 Å². The smallest absolute Gasteiger partial charge is 0.124 e. The van der Waals surface area contributed by atoms with Crippen LogP contribution in [0.1, 0.15) is 10.4 Å². The van der Waals surface area contributed by atoms with Crippen LogP contribution in [0.25, 0.3) is 21.8 Å². The summed E-state index contributed by atoms with van der Waals surface area (Å²) in [5.74, 6) is 0. The highest BCUT2D eigenvalue weighted by Gasteiger charge is 2.11. The van der Waals surface area contributed by atoms with Crippen LogP contribution in [0, 0.1) is 6.92 Å². The molecule has 0 unspecified atom stereocenters. The van der Waals surface area contributed by atoms with Gasteiger partial charge < -0.3 is 5.73 Å². The first-order valence-electron chi connectivity index (χ1n) is 6.70. The fraction of sp³-hybridized carbons (Fsp3) is 0.118. The minimum absolute atomic E-state index is 0.571. The van der Waals surface area contributed by atoms with E-state index in [9.17, 15) is 0 Å². The summed E-state index contributed by atoms with van der Waals surface area (Å²) in [6.45, 7) is 2.69. The summed E-state index contributed by atoms with van der Waals surface area (Å²) in [6, 6.07) is 16.6. The molecule has 0 atom stereocenters. The summed E-state index contributed by atoms with van der Waals surface area (Å²) in [6.07, 6.45) is 0. The molecule has 0 aliphatic carbocycles. The van der Waals surface area contributed by atoms with Gasteiger partial charge in [-0.1, -0.05) is 52.3 Å². The van der Waals surface area contributed by atoms with Gasteiger partial charge in [-0.25, -0.2) is 4.98 Å². The van der Waals surface area contributed by atoms with E-state index < -0.39 is 0 Å². The molecule has 106 valence electrons. The maximum absolute atomic E-state index is 5.64. The molecule has 3 rings (SSSR count). The van der Waals surface area contributed by atoms with E-state index in [0.717, 1.165) is 31.9 Å². The van der Waals surface area contributed by atoms with Gasteiger partial charge in [-0.2, -0.15) is 0 Å². The summed E-state index contributed by atoms with van der Waals surface area (Å²) in [7, 11) is 0. The van der Waals surface area contributed by atoms with Gasteiger partial charge in [0.05, 0.1) is 5.69 Å². The molecular weight excluding hydrogens is 344 g/mol. The maximum Gasteiger partial charge on any atom is 0.124 e. The molecule has 0 aliphatic heterocycles. The molecule has 21 heavy (non-hydrogen) atoms. The van der Waals surface area contributed by atoms with Crippen molar-refractivity contribution < 1.29 is 0 Å². The van der Waals surface area contributed by atoms with Crippen molar-refractivity contribution in [2.75, 3.05) is 0 Å². The zero-order chi connectivity index (χ0) is 14.8. The lowest BCUT2D eigenvalue weighted by Gasteiger charge is -2.00. The lowest BCUT2D eigenvalue weighted by molar-refractivity contribution is 1.07. The molecular formula is C17H15BrN2S. The molecule has 0 aliphatic rings. The molecule has 2 nitrogen and oxygen atoms in total. The van der Waals surface area contributed by atoms with Gasteiger partial charge in [0.25, 0.3) is 0 Å². The average Bonchev–Trinajstić information content (AvgIpc) is 2.90. The van der Waals surface area contributed by atoms with Gasteiger partial charge in [0.2, 0.25) is 0 Å². The molecule has 0 saturated carbocycles. The SMILES string of the molecule is Cc1sc(-c2ccc(CN)cc2)nc1-c1ccc(Br)cc1. The van der Waals surface area contributed by atoms with Crippen molar-refractivity contribution in [3.8, 4) is 21.8 Å². The van der Waals surface area contributed by atoms with E-state index >= 15 is 0 Å². The van der Waals surface area contributed by atoms with Crippen LogP contribution in [0.15, 0.2) is 53.0 Å². The van der Waals surface area contributed by atoms with Gasteiger partial charge in [-0.3, -0.25) is 0 Å². The predicted octanol–water partition coefficient (Wildman–Crippen LogP) is 5.01. The number of halogens is 1. The van der Waals surface area contributed by atoms with Crippen LogP contribution in [0.3, 0.4) is 0 Å². The van der Waals surface area contributed by atoms with Crippen LogP contribution in [-0.4, -0.2) is 4.98 Å². The Morgan fingerprint density at radius 2 is 1.62 bits per heavy atom. The van der Waals surface area contributed by atoms with Gasteiger partial charge in [0.15, 0.2) is 0 Å². The van der Waals surface area contributed by atoms with Gasteiger partial charge in [0.1, 0.15) is 5.01 Å². The van der Waals surface area contributed by atoms with Crippen molar-refractivity contribution in [3.63, 3.8) is 0 Å². The second kappa shape index (κ2) is 6.10. The normalized spacial score (nSPS) is 10.8. The number of hydrogen-bond donors (Lipinski definition) is 1. The van der Waals surface area contributed by atoms with Crippen molar-refractivity contribution in [1.82, 2.24) is 4.98 Å². The Morgan fingerprint density at radius 1 is 1.00 bits per heavy atom. The third-order valence-electron chi connectivity index (χ3n) is 3.35. The van der Waals surface area contributed by atoms with Gasteiger partial charge in [0, 0.05) is 27.0 Å². The molecule has 2 aromatic carbocycles. The van der Waals surface area contributed by atoms with Gasteiger partial charge in [-0.15, -0.1) is 11.3 Å². The first-order chi connectivity index (χ1) is 10.2. The Labute approximate surface area is 136 Å². The maximum atomic E-state index is 5.64. The molecule has 1 heterocycles. The zero-order valence-electron chi connectivity index (χ0n) is 11.6. The van der Waals surface area contributed by atoms with E-state index in [0.29, 0.717) is 6.54 Å². The fourth-order valence-electron chi connectivity index (χ4n) is 2.18. The lowest BCUT2D eigenvalue weighted by atomic mass is 10.1. The van der Waals surface area contributed by atoms with Crippen LogP contribution in [0.2, 0.25) is 0 Å². The molecule has 0 fully saturated rings. The van der Waals surface area contributed by atoms with E-state index in [1.54, 1.807) is 11.3 Å². The Balaban J connectivity index is 1.98. The zero-order valence-corrected chi connectivity index (χ0v) is 14.0. The van der Waals surface area contributed by atoms with Crippen LogP contribution in [-0.2, 0) is 6.54 Å². The minimum Gasteiger partial charge on any atom is -0.326 e. The predicted molar refractivity (Wildman–Crippen MR) is 93.3 cm³/mol. The Hall–Kier alpha value is -1.49. The molecule has 1 aromatic heterocycles. The Kier molecular flexibility index (Phi) is 4.19. The summed E-state index contributed by atoms with van der Waals surface area (Å²) in [5.41, 5.74) is 10.1. The number of nitrogens with zero attached hydrogens (tertiary/aromatic N) is 1. The Bertz CT molecular complexity index is 745. The summed E-state index contributed by atoms with van der Waals surface area (Å²) in [4.78, 5) is 6.04. The highest BCUT2D eigenvalue weighted by atomic mass is 79.9. The molecule has 0 spiro atoms. The standard InChI is InChI=1S/C17H15BrN2S/c1-11-16(13-6-8-15(18)9-7-13)20-17(21-11)14-4-2-12(10-19)3-5-14/h2-9H,10,19H2,1H3. The third kappa shape index (κ3) is 3.07. The quantitative estimate of drug-likeness (QED) is 0.714. The number of nitrogens with two attached hydrogens (primary N) is 1. The van der Waals surface area contributed by atoms with Crippen molar-refractivity contribution >= 4 is 27.3 Å². The number of hydrogen-bond acceptors (Lipinski definition) is 3. The first kappa shape index (κ1) is 14.4. The third-order valence-corrected chi connectivity index (χ3v) is 4.90. The molecule has 0 bridgehead atoms. The molecule has 0 saturated heterocycles. The second-order valence-electron chi connectivity index (χ2n) is 4.83. The van der Waals surface area contributed by atoms with E-state index in [1.807, 2.05) is 12.1 Å². The number of rotatable bonds is 3. The molecule has 4 heteroatoms. The van der Waals surface area contributed by atoms with Gasteiger partial charge >= 0.3 is 0 Å². The molecule has 2 N–H and O–H groups in total.